The summed E-state index contributed by atoms with van der Waals surface area (Å²) in [6, 6.07) is 10.9. The summed E-state index contributed by atoms with van der Waals surface area (Å²) >= 11 is 4.80. The van der Waals surface area contributed by atoms with Crippen LogP contribution in [0.1, 0.15) is 26.3 Å². The van der Waals surface area contributed by atoms with Crippen molar-refractivity contribution in [3.05, 3.63) is 51.3 Å². The second kappa shape index (κ2) is 12.6. The Bertz CT molecular complexity index is 1130. The summed E-state index contributed by atoms with van der Waals surface area (Å²) in [6.45, 7) is 6.42. The number of hydrogen-bond acceptors (Lipinski definition) is 8. The van der Waals surface area contributed by atoms with Crippen molar-refractivity contribution in [3.63, 3.8) is 0 Å². The Kier molecular flexibility index (Phi) is 9.62. The number of carbonyl (C=O) groups is 2. The third kappa shape index (κ3) is 6.79. The standard InChI is InChI=1S/C25H27BrN2O6S/c1-5-28-24(30)21(35-25(28)27-17-8-10-18(31-4)11-9-17)14-16-12-19(26)23(20(13-16)32-6-2)34-15-22(29)33-7-3/h8-14H,5-7,15H2,1-4H3/b21-14+,27-25?. The van der Waals surface area contributed by atoms with E-state index in [2.05, 4.69) is 20.9 Å². The fraction of sp³-hybridized carbons (Fsp3) is 0.320. The van der Waals surface area contributed by atoms with Crippen molar-refractivity contribution in [2.75, 3.05) is 33.5 Å². The Hall–Kier alpha value is -2.98. The number of hydrogen-bond donors (Lipinski definition) is 0. The number of aliphatic imine (C=N–C) groups is 1. The summed E-state index contributed by atoms with van der Waals surface area (Å²) in [5, 5.41) is 0.604. The van der Waals surface area contributed by atoms with Gasteiger partial charge in [0, 0.05) is 6.54 Å². The third-order valence-corrected chi connectivity index (χ3v) is 6.37. The van der Waals surface area contributed by atoms with Crippen LogP contribution in [0.4, 0.5) is 5.69 Å². The molecule has 10 heteroatoms. The molecule has 0 atom stereocenters. The first-order valence-corrected chi connectivity index (χ1v) is 12.7. The number of halogens is 1. The molecule has 0 aliphatic carbocycles. The summed E-state index contributed by atoms with van der Waals surface area (Å²) in [5.41, 5.74) is 1.46. The molecule has 1 fully saturated rings. The lowest BCUT2D eigenvalue weighted by Gasteiger charge is -2.14. The molecule has 1 aliphatic rings. The Morgan fingerprint density at radius 1 is 1.11 bits per heavy atom. The van der Waals surface area contributed by atoms with Crippen molar-refractivity contribution >= 4 is 56.5 Å². The highest BCUT2D eigenvalue weighted by molar-refractivity contribution is 9.10. The van der Waals surface area contributed by atoms with Gasteiger partial charge in [-0.05, 0) is 96.5 Å². The lowest BCUT2D eigenvalue weighted by atomic mass is 10.2. The molecule has 35 heavy (non-hydrogen) atoms. The first kappa shape index (κ1) is 26.6. The molecule has 3 rings (SSSR count). The number of likely N-dealkylation sites (N-methyl/N-ethyl adjacent to an activating group) is 1. The van der Waals surface area contributed by atoms with E-state index in [0.717, 1.165) is 17.0 Å². The molecule has 0 spiro atoms. The molecule has 2 aromatic carbocycles. The van der Waals surface area contributed by atoms with Crippen LogP contribution < -0.4 is 14.2 Å². The predicted octanol–water partition coefficient (Wildman–Crippen LogP) is 5.42. The largest absolute Gasteiger partial charge is 0.497 e. The molecule has 1 heterocycles. The van der Waals surface area contributed by atoms with Crippen LogP contribution in [-0.4, -0.2) is 55.4 Å². The normalized spacial score (nSPS) is 15.6. The van der Waals surface area contributed by atoms with E-state index >= 15 is 0 Å². The zero-order valence-electron chi connectivity index (χ0n) is 20.0. The molecular weight excluding hydrogens is 536 g/mol. The van der Waals surface area contributed by atoms with E-state index in [0.29, 0.717) is 39.2 Å². The summed E-state index contributed by atoms with van der Waals surface area (Å²) in [4.78, 5) is 31.6. The highest BCUT2D eigenvalue weighted by Gasteiger charge is 2.32. The number of thioether (sulfide) groups is 1. The summed E-state index contributed by atoms with van der Waals surface area (Å²) < 4.78 is 22.1. The van der Waals surface area contributed by atoms with Crippen LogP contribution in [0, 0.1) is 0 Å². The Morgan fingerprint density at radius 3 is 2.49 bits per heavy atom. The molecule has 8 nitrogen and oxygen atoms in total. The van der Waals surface area contributed by atoms with E-state index in [4.69, 9.17) is 18.9 Å². The van der Waals surface area contributed by atoms with Crippen LogP contribution in [0.5, 0.6) is 17.2 Å². The smallest absolute Gasteiger partial charge is 0.344 e. The van der Waals surface area contributed by atoms with Gasteiger partial charge in [0.1, 0.15) is 5.75 Å². The molecular formula is C25H27BrN2O6S. The van der Waals surface area contributed by atoms with E-state index in [1.807, 2.05) is 38.1 Å². The molecule has 0 N–H and O–H groups in total. The topological polar surface area (TPSA) is 86.7 Å². The maximum absolute atomic E-state index is 13.1. The number of benzene rings is 2. The number of esters is 1. The second-order valence-corrected chi connectivity index (χ2v) is 8.97. The number of carbonyl (C=O) groups excluding carboxylic acids is 2. The monoisotopic (exact) mass is 562 g/mol. The molecule has 0 aromatic heterocycles. The zero-order chi connectivity index (χ0) is 25.4. The van der Waals surface area contributed by atoms with E-state index in [-0.39, 0.29) is 19.1 Å². The Labute approximate surface area is 217 Å². The quantitative estimate of drug-likeness (QED) is 0.282. The summed E-state index contributed by atoms with van der Waals surface area (Å²) in [6.07, 6.45) is 1.79. The molecule has 0 bridgehead atoms. The van der Waals surface area contributed by atoms with Crippen LogP contribution in [0.25, 0.3) is 6.08 Å². The first-order chi connectivity index (χ1) is 16.9. The van der Waals surface area contributed by atoms with Gasteiger partial charge in [0.05, 0.1) is 35.4 Å². The minimum absolute atomic E-state index is 0.124. The van der Waals surface area contributed by atoms with Crippen LogP contribution >= 0.6 is 27.7 Å². The molecule has 1 amide bonds. The predicted molar refractivity (Wildman–Crippen MR) is 140 cm³/mol. The summed E-state index contributed by atoms with van der Waals surface area (Å²) in [7, 11) is 1.61. The van der Waals surface area contributed by atoms with Gasteiger partial charge in [-0.25, -0.2) is 9.79 Å². The molecule has 2 aromatic rings. The minimum atomic E-state index is -0.468. The van der Waals surface area contributed by atoms with Gasteiger partial charge in [-0.2, -0.15) is 0 Å². The van der Waals surface area contributed by atoms with Gasteiger partial charge in [-0.1, -0.05) is 0 Å². The number of amidine groups is 1. The van der Waals surface area contributed by atoms with E-state index in [9.17, 15) is 9.59 Å². The Balaban J connectivity index is 1.88. The Morgan fingerprint density at radius 2 is 1.86 bits per heavy atom. The fourth-order valence-electron chi connectivity index (χ4n) is 3.20. The van der Waals surface area contributed by atoms with Gasteiger partial charge in [0.15, 0.2) is 23.3 Å². The number of rotatable bonds is 10. The van der Waals surface area contributed by atoms with Gasteiger partial charge in [0.2, 0.25) is 0 Å². The van der Waals surface area contributed by atoms with Crippen molar-refractivity contribution in [1.29, 1.82) is 0 Å². The van der Waals surface area contributed by atoms with E-state index in [1.54, 1.807) is 37.1 Å². The average molecular weight is 563 g/mol. The fourth-order valence-corrected chi connectivity index (χ4v) is 4.83. The highest BCUT2D eigenvalue weighted by atomic mass is 79.9. The SMILES string of the molecule is CCOC(=O)COc1c(Br)cc(/C=C2/SC(=Nc3ccc(OC)cc3)N(CC)C2=O)cc1OCC. The molecule has 1 aliphatic heterocycles. The third-order valence-electron chi connectivity index (χ3n) is 4.77. The van der Waals surface area contributed by atoms with Gasteiger partial charge < -0.3 is 18.9 Å². The summed E-state index contributed by atoms with van der Waals surface area (Å²) in [5.74, 6) is 0.991. The lowest BCUT2D eigenvalue weighted by Crippen LogP contribution is -2.28. The maximum atomic E-state index is 13.1. The van der Waals surface area contributed by atoms with Gasteiger partial charge in [-0.3, -0.25) is 9.69 Å². The number of ether oxygens (including phenoxy) is 4. The lowest BCUT2D eigenvalue weighted by molar-refractivity contribution is -0.145. The second-order valence-electron chi connectivity index (χ2n) is 7.11. The van der Waals surface area contributed by atoms with Crippen LogP contribution in [-0.2, 0) is 14.3 Å². The van der Waals surface area contributed by atoms with Gasteiger partial charge >= 0.3 is 5.97 Å². The van der Waals surface area contributed by atoms with Gasteiger partial charge in [0.25, 0.3) is 5.91 Å². The first-order valence-electron chi connectivity index (χ1n) is 11.1. The molecule has 1 saturated heterocycles. The number of amides is 1. The van der Waals surface area contributed by atoms with E-state index in [1.165, 1.54) is 11.8 Å². The highest BCUT2D eigenvalue weighted by Crippen LogP contribution is 2.39. The maximum Gasteiger partial charge on any atom is 0.344 e. The van der Waals surface area contributed by atoms with Crippen molar-refractivity contribution in [1.82, 2.24) is 4.90 Å². The van der Waals surface area contributed by atoms with Crippen molar-refractivity contribution in [3.8, 4) is 17.2 Å². The molecule has 0 unspecified atom stereocenters. The van der Waals surface area contributed by atoms with E-state index < -0.39 is 5.97 Å². The van der Waals surface area contributed by atoms with Crippen LogP contribution in [0.15, 0.2) is 50.8 Å². The zero-order valence-corrected chi connectivity index (χ0v) is 22.4. The molecule has 186 valence electrons. The number of methoxy groups -OCH3 is 1. The average Bonchev–Trinajstić information content (AvgIpc) is 3.12. The molecule has 0 saturated carbocycles. The van der Waals surface area contributed by atoms with Gasteiger partial charge in [-0.15, -0.1) is 0 Å². The van der Waals surface area contributed by atoms with Crippen molar-refractivity contribution in [2.45, 2.75) is 20.8 Å². The van der Waals surface area contributed by atoms with Crippen LogP contribution in [0.3, 0.4) is 0 Å². The van der Waals surface area contributed by atoms with Crippen molar-refractivity contribution in [2.24, 2.45) is 4.99 Å². The van der Waals surface area contributed by atoms with Crippen molar-refractivity contribution < 1.29 is 28.5 Å². The minimum Gasteiger partial charge on any atom is -0.497 e. The number of nitrogens with zero attached hydrogens (tertiary/aromatic N) is 2. The van der Waals surface area contributed by atoms with Crippen LogP contribution in [0.2, 0.25) is 0 Å². The molecule has 0 radical (unpaired) electrons.